The van der Waals surface area contributed by atoms with Crippen LogP contribution >= 0.6 is 38.9 Å². The van der Waals surface area contributed by atoms with Crippen LogP contribution in [0.4, 0.5) is 0 Å². The molecule has 1 heterocycles. The lowest BCUT2D eigenvalue weighted by Gasteiger charge is -2.10. The predicted octanol–water partition coefficient (Wildman–Crippen LogP) is 5.66. The van der Waals surface area contributed by atoms with E-state index in [0.717, 1.165) is 41.8 Å². The Labute approximate surface area is 143 Å². The molecule has 1 aromatic heterocycles. The van der Waals surface area contributed by atoms with Crippen molar-refractivity contribution in [2.24, 2.45) is 0 Å². The topological polar surface area (TPSA) is 22.1 Å². The third-order valence-electron chi connectivity index (χ3n) is 3.20. The van der Waals surface area contributed by atoms with E-state index in [1.807, 2.05) is 5.38 Å². The molecule has 114 valence electrons. The van der Waals surface area contributed by atoms with Gasteiger partial charge in [0.2, 0.25) is 0 Å². The van der Waals surface area contributed by atoms with E-state index in [1.165, 1.54) is 16.1 Å². The largest absolute Gasteiger partial charge is 0.494 e. The lowest BCUT2D eigenvalue weighted by molar-refractivity contribution is 0.306. The Morgan fingerprint density at radius 1 is 1.24 bits per heavy atom. The van der Waals surface area contributed by atoms with Crippen LogP contribution in [0, 0.1) is 13.8 Å². The highest BCUT2D eigenvalue weighted by molar-refractivity contribution is 9.10. The zero-order chi connectivity index (χ0) is 15.2. The summed E-state index contributed by atoms with van der Waals surface area (Å²) in [7, 11) is 0. The molecule has 0 amide bonds. The zero-order valence-corrected chi connectivity index (χ0v) is 15.4. The van der Waals surface area contributed by atoms with E-state index in [1.54, 1.807) is 11.3 Å². The monoisotopic (exact) mass is 387 g/mol. The van der Waals surface area contributed by atoms with Crippen molar-refractivity contribution in [3.05, 3.63) is 43.8 Å². The summed E-state index contributed by atoms with van der Waals surface area (Å²) in [5.74, 6) is 1.45. The Morgan fingerprint density at radius 3 is 2.57 bits per heavy atom. The summed E-state index contributed by atoms with van der Waals surface area (Å²) in [6.07, 6.45) is 3.12. The summed E-state index contributed by atoms with van der Waals surface area (Å²) in [6, 6.07) is 4.15. The van der Waals surface area contributed by atoms with Gasteiger partial charge >= 0.3 is 0 Å². The predicted molar refractivity (Wildman–Crippen MR) is 93.7 cm³/mol. The van der Waals surface area contributed by atoms with Gasteiger partial charge in [-0.3, -0.25) is 0 Å². The number of thiazole rings is 1. The van der Waals surface area contributed by atoms with Gasteiger partial charge in [0.1, 0.15) is 5.75 Å². The molecule has 0 atom stereocenters. The van der Waals surface area contributed by atoms with Crippen molar-refractivity contribution in [3.8, 4) is 5.75 Å². The highest BCUT2D eigenvalue weighted by Gasteiger charge is 2.04. The second kappa shape index (κ2) is 8.16. The lowest BCUT2D eigenvalue weighted by atomic mass is 10.1. The molecule has 5 heteroatoms. The molecule has 0 N–H and O–H groups in total. The summed E-state index contributed by atoms with van der Waals surface area (Å²) in [5.41, 5.74) is 3.40. The normalized spacial score (nSPS) is 10.9. The van der Waals surface area contributed by atoms with Crippen molar-refractivity contribution in [2.45, 2.75) is 39.0 Å². The Kier molecular flexibility index (Phi) is 6.52. The van der Waals surface area contributed by atoms with Crippen LogP contribution in [0.3, 0.4) is 0 Å². The molecule has 0 radical (unpaired) electrons. The lowest BCUT2D eigenvalue weighted by Crippen LogP contribution is -1.99. The molecule has 2 aromatic rings. The van der Waals surface area contributed by atoms with Crippen LogP contribution in [0.25, 0.3) is 0 Å². The SMILES string of the molecule is Cc1cc(OCCCCc2nc(CCl)cs2)cc(C)c1Br. The number of ether oxygens (including phenoxy) is 1. The summed E-state index contributed by atoms with van der Waals surface area (Å²) < 4.78 is 6.99. The first-order chi connectivity index (χ1) is 10.1. The standard InChI is InChI=1S/C16H19BrClNOS/c1-11-7-14(8-12(2)16(11)17)20-6-4-3-5-15-19-13(9-18)10-21-15/h7-8,10H,3-6,9H2,1-2H3. The number of benzene rings is 1. The summed E-state index contributed by atoms with van der Waals surface area (Å²) >= 11 is 11.0. The fraction of sp³-hybridized carbons (Fsp3) is 0.438. The number of halogens is 2. The molecule has 0 bridgehead atoms. The number of aromatic nitrogens is 1. The van der Waals surface area contributed by atoms with Gasteiger partial charge in [-0.05, 0) is 56.4 Å². The van der Waals surface area contributed by atoms with Gasteiger partial charge in [-0.1, -0.05) is 15.9 Å². The third kappa shape index (κ3) is 4.97. The van der Waals surface area contributed by atoms with E-state index in [4.69, 9.17) is 16.3 Å². The average molecular weight is 389 g/mol. The van der Waals surface area contributed by atoms with Crippen molar-refractivity contribution in [3.63, 3.8) is 0 Å². The molecule has 21 heavy (non-hydrogen) atoms. The molecule has 0 aliphatic carbocycles. The Hall–Kier alpha value is -0.580. The van der Waals surface area contributed by atoms with Gasteiger partial charge in [0.05, 0.1) is 23.2 Å². The fourth-order valence-electron chi connectivity index (χ4n) is 2.08. The quantitative estimate of drug-likeness (QED) is 0.451. The number of hydrogen-bond donors (Lipinski definition) is 0. The summed E-state index contributed by atoms with van der Waals surface area (Å²) in [5, 5.41) is 3.20. The van der Waals surface area contributed by atoms with Crippen LogP contribution in [-0.4, -0.2) is 11.6 Å². The maximum atomic E-state index is 5.83. The number of nitrogens with zero attached hydrogens (tertiary/aromatic N) is 1. The van der Waals surface area contributed by atoms with E-state index in [0.29, 0.717) is 5.88 Å². The average Bonchev–Trinajstić information content (AvgIpc) is 2.92. The van der Waals surface area contributed by atoms with Gasteiger partial charge in [0.25, 0.3) is 0 Å². The van der Waals surface area contributed by atoms with Gasteiger partial charge in [-0.2, -0.15) is 0 Å². The van der Waals surface area contributed by atoms with Gasteiger partial charge in [-0.15, -0.1) is 22.9 Å². The van der Waals surface area contributed by atoms with Gasteiger partial charge < -0.3 is 4.74 Å². The minimum Gasteiger partial charge on any atom is -0.494 e. The second-order valence-corrected chi connectivity index (χ2v) is 7.05. The van der Waals surface area contributed by atoms with E-state index < -0.39 is 0 Å². The van der Waals surface area contributed by atoms with Crippen LogP contribution in [0.15, 0.2) is 22.0 Å². The molecule has 0 fully saturated rings. The highest BCUT2D eigenvalue weighted by Crippen LogP contribution is 2.26. The van der Waals surface area contributed by atoms with Crippen molar-refractivity contribution in [1.29, 1.82) is 0 Å². The molecule has 0 spiro atoms. The van der Waals surface area contributed by atoms with E-state index in [-0.39, 0.29) is 0 Å². The van der Waals surface area contributed by atoms with Crippen molar-refractivity contribution < 1.29 is 4.74 Å². The Bertz CT molecular complexity index is 577. The van der Waals surface area contributed by atoms with Gasteiger partial charge in [0, 0.05) is 9.85 Å². The molecule has 0 aliphatic rings. The molecule has 2 nitrogen and oxygen atoms in total. The molecular weight excluding hydrogens is 370 g/mol. The summed E-state index contributed by atoms with van der Waals surface area (Å²) in [4.78, 5) is 4.46. The first-order valence-electron chi connectivity index (χ1n) is 6.99. The summed E-state index contributed by atoms with van der Waals surface area (Å²) in [6.45, 7) is 4.91. The molecule has 0 saturated carbocycles. The smallest absolute Gasteiger partial charge is 0.119 e. The van der Waals surface area contributed by atoms with Crippen LogP contribution in [0.5, 0.6) is 5.75 Å². The molecule has 2 rings (SSSR count). The number of hydrogen-bond acceptors (Lipinski definition) is 3. The second-order valence-electron chi connectivity index (χ2n) is 5.04. The van der Waals surface area contributed by atoms with E-state index in [9.17, 15) is 0 Å². The van der Waals surface area contributed by atoms with Crippen LogP contribution < -0.4 is 4.74 Å². The third-order valence-corrected chi connectivity index (χ3v) is 5.68. The zero-order valence-electron chi connectivity index (χ0n) is 12.3. The number of rotatable bonds is 7. The minimum atomic E-state index is 0.502. The number of unbranched alkanes of at least 4 members (excludes halogenated alkanes) is 1. The van der Waals surface area contributed by atoms with Crippen LogP contribution in [-0.2, 0) is 12.3 Å². The maximum absolute atomic E-state index is 5.83. The van der Waals surface area contributed by atoms with Gasteiger partial charge in [0.15, 0.2) is 0 Å². The number of aryl methyl sites for hydroxylation is 3. The van der Waals surface area contributed by atoms with Crippen LogP contribution in [0.1, 0.15) is 34.7 Å². The maximum Gasteiger partial charge on any atom is 0.119 e. The molecule has 0 unspecified atom stereocenters. The molecular formula is C16H19BrClNOS. The Morgan fingerprint density at radius 2 is 1.95 bits per heavy atom. The number of alkyl halides is 1. The van der Waals surface area contributed by atoms with Crippen molar-refractivity contribution in [2.75, 3.05) is 6.61 Å². The Balaban J connectivity index is 1.72. The van der Waals surface area contributed by atoms with E-state index >= 15 is 0 Å². The highest BCUT2D eigenvalue weighted by atomic mass is 79.9. The van der Waals surface area contributed by atoms with E-state index in [2.05, 4.69) is 46.9 Å². The fourth-order valence-corrected chi connectivity index (χ4v) is 3.38. The van der Waals surface area contributed by atoms with Crippen LogP contribution in [0.2, 0.25) is 0 Å². The molecule has 0 saturated heterocycles. The van der Waals surface area contributed by atoms with Crippen molar-refractivity contribution in [1.82, 2.24) is 4.98 Å². The first kappa shape index (κ1) is 16.8. The first-order valence-corrected chi connectivity index (χ1v) is 9.19. The minimum absolute atomic E-state index is 0.502. The molecule has 1 aromatic carbocycles. The van der Waals surface area contributed by atoms with Gasteiger partial charge in [-0.25, -0.2) is 4.98 Å². The molecule has 0 aliphatic heterocycles. The van der Waals surface area contributed by atoms with Crippen molar-refractivity contribution >= 4 is 38.9 Å².